The zero-order valence-corrected chi connectivity index (χ0v) is 12.8. The van der Waals surface area contributed by atoms with Gasteiger partial charge in [0, 0.05) is 19.1 Å². The Labute approximate surface area is 120 Å². The number of nitrogens with one attached hydrogen (secondary N) is 1. The second-order valence-corrected chi connectivity index (χ2v) is 6.43. The first-order valence-corrected chi connectivity index (χ1v) is 7.09. The van der Waals surface area contributed by atoms with Crippen molar-refractivity contribution >= 4 is 12.0 Å². The molecule has 2 amide bonds. The van der Waals surface area contributed by atoms with E-state index in [1.54, 1.807) is 4.90 Å². The second-order valence-electron chi connectivity index (χ2n) is 6.43. The first-order chi connectivity index (χ1) is 9.20. The van der Waals surface area contributed by atoms with Crippen molar-refractivity contribution in [2.45, 2.75) is 52.7 Å². The zero-order valence-electron chi connectivity index (χ0n) is 12.8. The highest BCUT2D eigenvalue weighted by atomic mass is 16.5. The molecule has 0 bridgehead atoms. The van der Waals surface area contributed by atoms with E-state index < -0.39 is 5.97 Å². The maximum atomic E-state index is 12.1. The minimum atomic E-state index is -0.954. The molecule has 0 radical (unpaired) electrons. The van der Waals surface area contributed by atoms with Crippen LogP contribution in [-0.4, -0.2) is 53.8 Å². The molecule has 1 aliphatic rings. The third-order valence-corrected chi connectivity index (χ3v) is 3.81. The van der Waals surface area contributed by atoms with Gasteiger partial charge in [-0.25, -0.2) is 9.59 Å². The quantitative estimate of drug-likeness (QED) is 0.824. The summed E-state index contributed by atoms with van der Waals surface area (Å²) in [4.78, 5) is 24.3. The van der Waals surface area contributed by atoms with Crippen LogP contribution in [0.2, 0.25) is 0 Å². The molecule has 0 aliphatic carbocycles. The molecule has 0 aromatic heterocycles. The standard InChI is InChI=1S/C14H26N2O4/c1-10(14(2,3)4)15-13(19)16-7-5-11(6-8-16)20-9-12(17)18/h10-11H,5-9H2,1-4H3,(H,15,19)(H,17,18). The van der Waals surface area contributed by atoms with E-state index in [0.717, 1.165) is 0 Å². The van der Waals surface area contributed by atoms with Crippen LogP contribution in [0.15, 0.2) is 0 Å². The van der Waals surface area contributed by atoms with E-state index in [4.69, 9.17) is 9.84 Å². The van der Waals surface area contributed by atoms with E-state index in [-0.39, 0.29) is 30.2 Å². The molecule has 116 valence electrons. The van der Waals surface area contributed by atoms with Gasteiger partial charge in [-0.1, -0.05) is 20.8 Å². The molecular formula is C14H26N2O4. The van der Waals surface area contributed by atoms with E-state index in [2.05, 4.69) is 26.1 Å². The van der Waals surface area contributed by atoms with Gasteiger partial charge >= 0.3 is 12.0 Å². The molecule has 2 N–H and O–H groups in total. The lowest BCUT2D eigenvalue weighted by Crippen LogP contribution is -2.51. The maximum Gasteiger partial charge on any atom is 0.329 e. The van der Waals surface area contributed by atoms with Crippen LogP contribution >= 0.6 is 0 Å². The van der Waals surface area contributed by atoms with E-state index >= 15 is 0 Å². The number of hydrogen-bond acceptors (Lipinski definition) is 3. The van der Waals surface area contributed by atoms with Crippen molar-refractivity contribution in [3.63, 3.8) is 0 Å². The Morgan fingerprint density at radius 2 is 1.90 bits per heavy atom. The molecule has 0 aromatic rings. The number of piperidine rings is 1. The van der Waals surface area contributed by atoms with Gasteiger partial charge in [0.25, 0.3) is 0 Å². The van der Waals surface area contributed by atoms with Crippen LogP contribution in [0.5, 0.6) is 0 Å². The summed E-state index contributed by atoms with van der Waals surface area (Å²) in [6.07, 6.45) is 1.31. The number of amides is 2. The first-order valence-electron chi connectivity index (χ1n) is 7.09. The first kappa shape index (κ1) is 16.8. The second kappa shape index (κ2) is 6.92. The van der Waals surface area contributed by atoms with Crippen LogP contribution in [-0.2, 0) is 9.53 Å². The Hall–Kier alpha value is -1.30. The highest BCUT2D eigenvalue weighted by Gasteiger charge is 2.27. The third kappa shape index (κ3) is 5.36. The fourth-order valence-electron chi connectivity index (χ4n) is 1.91. The van der Waals surface area contributed by atoms with Crippen molar-refractivity contribution in [2.75, 3.05) is 19.7 Å². The van der Waals surface area contributed by atoms with Crippen molar-refractivity contribution in [1.29, 1.82) is 0 Å². The van der Waals surface area contributed by atoms with Crippen molar-refractivity contribution in [2.24, 2.45) is 5.41 Å². The summed E-state index contributed by atoms with van der Waals surface area (Å²) in [6, 6.07) is 0.0418. The maximum absolute atomic E-state index is 12.1. The Balaban J connectivity index is 2.34. The Morgan fingerprint density at radius 3 is 2.35 bits per heavy atom. The predicted octanol–water partition coefficient (Wildman–Crippen LogP) is 1.70. The molecule has 6 heteroatoms. The number of aliphatic carboxylic acids is 1. The molecule has 6 nitrogen and oxygen atoms in total. The molecule has 1 rings (SSSR count). The topological polar surface area (TPSA) is 78.9 Å². The molecule has 1 aliphatic heterocycles. The molecular weight excluding hydrogens is 260 g/mol. The van der Waals surface area contributed by atoms with Gasteiger partial charge in [-0.3, -0.25) is 0 Å². The molecule has 0 spiro atoms. The number of urea groups is 1. The smallest absolute Gasteiger partial charge is 0.329 e. The van der Waals surface area contributed by atoms with Crippen molar-refractivity contribution in [1.82, 2.24) is 10.2 Å². The van der Waals surface area contributed by atoms with Gasteiger partial charge in [0.2, 0.25) is 0 Å². The lowest BCUT2D eigenvalue weighted by atomic mass is 9.88. The molecule has 1 saturated heterocycles. The number of likely N-dealkylation sites (tertiary alicyclic amines) is 1. The highest BCUT2D eigenvalue weighted by molar-refractivity contribution is 5.74. The predicted molar refractivity (Wildman–Crippen MR) is 75.6 cm³/mol. The number of carboxylic acid groups (broad SMARTS) is 1. The zero-order chi connectivity index (χ0) is 15.3. The molecule has 1 atom stereocenters. The van der Waals surface area contributed by atoms with E-state index in [0.29, 0.717) is 25.9 Å². The average molecular weight is 286 g/mol. The van der Waals surface area contributed by atoms with Crippen LogP contribution < -0.4 is 5.32 Å². The van der Waals surface area contributed by atoms with Gasteiger partial charge in [0.15, 0.2) is 0 Å². The molecule has 1 fully saturated rings. The minimum Gasteiger partial charge on any atom is -0.480 e. The van der Waals surface area contributed by atoms with Gasteiger partial charge in [-0.05, 0) is 25.2 Å². The number of nitrogens with zero attached hydrogens (tertiary/aromatic N) is 1. The van der Waals surface area contributed by atoms with Gasteiger partial charge in [0.1, 0.15) is 6.61 Å². The van der Waals surface area contributed by atoms with E-state index in [1.807, 2.05) is 6.92 Å². The van der Waals surface area contributed by atoms with Gasteiger partial charge in [-0.2, -0.15) is 0 Å². The molecule has 0 saturated carbocycles. The fraction of sp³-hybridized carbons (Fsp3) is 0.857. The van der Waals surface area contributed by atoms with E-state index in [9.17, 15) is 9.59 Å². The third-order valence-electron chi connectivity index (χ3n) is 3.81. The fourth-order valence-corrected chi connectivity index (χ4v) is 1.91. The van der Waals surface area contributed by atoms with Crippen molar-refractivity contribution in [3.8, 4) is 0 Å². The minimum absolute atomic E-state index is 0.0264. The van der Waals surface area contributed by atoms with Crippen LogP contribution in [0, 0.1) is 5.41 Å². The van der Waals surface area contributed by atoms with Gasteiger partial charge < -0.3 is 20.1 Å². The number of carbonyl (C=O) groups excluding carboxylic acids is 1. The summed E-state index contributed by atoms with van der Waals surface area (Å²) in [5, 5.41) is 11.6. The largest absolute Gasteiger partial charge is 0.480 e. The molecule has 0 aromatic carbocycles. The molecule has 1 heterocycles. The summed E-state index contributed by atoms with van der Waals surface area (Å²) in [5.74, 6) is -0.954. The number of ether oxygens (including phenoxy) is 1. The number of carboxylic acids is 1. The van der Waals surface area contributed by atoms with E-state index in [1.165, 1.54) is 0 Å². The lowest BCUT2D eigenvalue weighted by molar-refractivity contribution is -0.145. The summed E-state index contributed by atoms with van der Waals surface area (Å²) >= 11 is 0. The Kier molecular flexibility index (Phi) is 5.80. The monoisotopic (exact) mass is 286 g/mol. The Morgan fingerprint density at radius 1 is 1.35 bits per heavy atom. The summed E-state index contributed by atoms with van der Waals surface area (Å²) in [5.41, 5.74) is 0.0264. The van der Waals surface area contributed by atoms with Crippen LogP contribution in [0.4, 0.5) is 4.79 Å². The average Bonchev–Trinajstić information content (AvgIpc) is 2.35. The van der Waals surface area contributed by atoms with Crippen molar-refractivity contribution in [3.05, 3.63) is 0 Å². The van der Waals surface area contributed by atoms with Crippen LogP contribution in [0.25, 0.3) is 0 Å². The van der Waals surface area contributed by atoms with Crippen LogP contribution in [0.1, 0.15) is 40.5 Å². The Bertz CT molecular complexity index is 344. The summed E-state index contributed by atoms with van der Waals surface area (Å²) < 4.78 is 5.25. The number of hydrogen-bond donors (Lipinski definition) is 2. The van der Waals surface area contributed by atoms with Gasteiger partial charge in [0.05, 0.1) is 6.10 Å². The highest BCUT2D eigenvalue weighted by Crippen LogP contribution is 2.19. The molecule has 1 unspecified atom stereocenters. The molecule has 20 heavy (non-hydrogen) atoms. The SMILES string of the molecule is CC(NC(=O)N1CCC(OCC(=O)O)CC1)C(C)(C)C. The summed E-state index contributed by atoms with van der Waals surface area (Å²) in [6.45, 7) is 9.20. The number of rotatable bonds is 4. The normalized spacial score (nSPS) is 18.7. The van der Waals surface area contributed by atoms with Gasteiger partial charge in [-0.15, -0.1) is 0 Å². The summed E-state index contributed by atoms with van der Waals surface area (Å²) in [7, 11) is 0. The number of carbonyl (C=O) groups is 2. The lowest BCUT2D eigenvalue weighted by Gasteiger charge is -2.35. The van der Waals surface area contributed by atoms with Crippen molar-refractivity contribution < 1.29 is 19.4 Å². The van der Waals surface area contributed by atoms with Crippen LogP contribution in [0.3, 0.4) is 0 Å².